The molecule has 0 bridgehead atoms. The van der Waals surface area contributed by atoms with Crippen LogP contribution in [0.25, 0.3) is 11.1 Å². The molecule has 3 aromatic rings. The zero-order valence-electron chi connectivity index (χ0n) is 16.5. The molecular formula is C23H23N5O. The van der Waals surface area contributed by atoms with E-state index in [1.54, 1.807) is 10.7 Å². The Morgan fingerprint density at radius 3 is 2.79 bits per heavy atom. The number of pyridine rings is 2. The molecule has 3 aliphatic rings. The molecule has 2 unspecified atom stereocenters. The molecule has 6 heteroatoms. The first-order valence-corrected chi connectivity index (χ1v) is 10.3. The third kappa shape index (κ3) is 2.63. The lowest BCUT2D eigenvalue weighted by Crippen LogP contribution is -2.32. The summed E-state index contributed by atoms with van der Waals surface area (Å²) in [6.07, 6.45) is 8.59. The molecule has 5 heterocycles. The Labute approximate surface area is 169 Å². The fourth-order valence-electron chi connectivity index (χ4n) is 5.30. The standard InChI is InChI=1S/C23H23N5O/c1-26-11-16-13-27(14-17(16)12-26)23(29)20-10-25-28-8-6-15(9-22(20)28)18-4-5-21-19(18)3-2-7-24-21/h2-4,6-10,16-17H,5,11-14H2,1H3. The lowest BCUT2D eigenvalue weighted by molar-refractivity contribution is 0.0778. The van der Waals surface area contributed by atoms with Gasteiger partial charge in [0.2, 0.25) is 0 Å². The van der Waals surface area contributed by atoms with Crippen LogP contribution in [0.15, 0.2) is 48.9 Å². The van der Waals surface area contributed by atoms with Gasteiger partial charge in [-0.05, 0) is 48.2 Å². The van der Waals surface area contributed by atoms with Gasteiger partial charge in [0.25, 0.3) is 5.91 Å². The van der Waals surface area contributed by atoms with E-state index < -0.39 is 0 Å². The van der Waals surface area contributed by atoms with Gasteiger partial charge in [-0.2, -0.15) is 5.10 Å². The molecule has 6 nitrogen and oxygen atoms in total. The quantitative estimate of drug-likeness (QED) is 0.680. The van der Waals surface area contributed by atoms with Crippen molar-refractivity contribution in [2.24, 2.45) is 11.8 Å². The van der Waals surface area contributed by atoms with Crippen molar-refractivity contribution in [2.45, 2.75) is 6.42 Å². The third-order valence-electron chi connectivity index (χ3n) is 6.70. The van der Waals surface area contributed by atoms with Gasteiger partial charge in [-0.25, -0.2) is 4.52 Å². The average Bonchev–Trinajstić information content (AvgIpc) is 3.48. The van der Waals surface area contributed by atoms with E-state index >= 15 is 0 Å². The third-order valence-corrected chi connectivity index (χ3v) is 6.70. The fourth-order valence-corrected chi connectivity index (χ4v) is 5.30. The van der Waals surface area contributed by atoms with Gasteiger partial charge in [-0.15, -0.1) is 0 Å². The predicted molar refractivity (Wildman–Crippen MR) is 111 cm³/mol. The highest BCUT2D eigenvalue weighted by Gasteiger charge is 2.40. The first kappa shape index (κ1) is 16.9. The van der Waals surface area contributed by atoms with Crippen LogP contribution >= 0.6 is 0 Å². The molecule has 1 aliphatic carbocycles. The van der Waals surface area contributed by atoms with Crippen LogP contribution in [0.3, 0.4) is 0 Å². The monoisotopic (exact) mass is 385 g/mol. The number of fused-ring (bicyclic) bond motifs is 3. The van der Waals surface area contributed by atoms with E-state index in [4.69, 9.17) is 0 Å². The smallest absolute Gasteiger partial charge is 0.257 e. The number of likely N-dealkylation sites (tertiary alicyclic amines) is 2. The van der Waals surface area contributed by atoms with E-state index in [1.165, 1.54) is 11.1 Å². The summed E-state index contributed by atoms with van der Waals surface area (Å²) < 4.78 is 1.81. The van der Waals surface area contributed by atoms with E-state index in [0.717, 1.165) is 49.4 Å². The summed E-state index contributed by atoms with van der Waals surface area (Å²) in [7, 11) is 2.17. The molecule has 0 radical (unpaired) electrons. The van der Waals surface area contributed by atoms with Gasteiger partial charge in [0.1, 0.15) is 0 Å². The number of hydrogen-bond acceptors (Lipinski definition) is 4. The summed E-state index contributed by atoms with van der Waals surface area (Å²) in [6.45, 7) is 3.90. The maximum absolute atomic E-state index is 13.3. The van der Waals surface area contributed by atoms with Crippen molar-refractivity contribution in [1.29, 1.82) is 0 Å². The maximum atomic E-state index is 13.3. The number of carbonyl (C=O) groups is 1. The largest absolute Gasteiger partial charge is 0.338 e. The van der Waals surface area contributed by atoms with E-state index in [0.29, 0.717) is 17.4 Å². The zero-order valence-corrected chi connectivity index (χ0v) is 16.5. The molecule has 2 fully saturated rings. The summed E-state index contributed by atoms with van der Waals surface area (Å²) in [5.74, 6) is 1.32. The first-order valence-electron chi connectivity index (χ1n) is 10.3. The summed E-state index contributed by atoms with van der Waals surface area (Å²) in [5, 5.41) is 4.44. The average molecular weight is 385 g/mol. The second kappa shape index (κ2) is 6.26. The summed E-state index contributed by atoms with van der Waals surface area (Å²) in [6, 6.07) is 8.26. The minimum atomic E-state index is 0.108. The van der Waals surface area contributed by atoms with Crippen LogP contribution in [0.5, 0.6) is 0 Å². The van der Waals surface area contributed by atoms with Gasteiger partial charge in [0, 0.05) is 50.6 Å². The van der Waals surface area contributed by atoms with Crippen LogP contribution in [0.4, 0.5) is 0 Å². The highest BCUT2D eigenvalue weighted by molar-refractivity contribution is 6.01. The molecule has 0 spiro atoms. The Kier molecular flexibility index (Phi) is 3.65. The van der Waals surface area contributed by atoms with Gasteiger partial charge < -0.3 is 9.80 Å². The minimum absolute atomic E-state index is 0.108. The Balaban J connectivity index is 1.33. The molecule has 3 aromatic heterocycles. The predicted octanol–water partition coefficient (Wildman–Crippen LogP) is 2.35. The molecule has 2 aliphatic heterocycles. The van der Waals surface area contributed by atoms with Crippen molar-refractivity contribution in [3.8, 4) is 0 Å². The number of amides is 1. The number of nitrogens with zero attached hydrogens (tertiary/aromatic N) is 5. The Bertz CT molecular complexity index is 1150. The molecule has 0 saturated carbocycles. The Morgan fingerprint density at radius 1 is 1.14 bits per heavy atom. The number of carbonyl (C=O) groups excluding carboxylic acids is 1. The van der Waals surface area contributed by atoms with Crippen molar-refractivity contribution < 1.29 is 4.79 Å². The van der Waals surface area contributed by atoms with Gasteiger partial charge in [0.15, 0.2) is 0 Å². The van der Waals surface area contributed by atoms with E-state index in [-0.39, 0.29) is 5.91 Å². The van der Waals surface area contributed by atoms with Crippen LogP contribution in [-0.4, -0.2) is 63.5 Å². The summed E-state index contributed by atoms with van der Waals surface area (Å²) in [4.78, 5) is 22.2. The van der Waals surface area contributed by atoms with Crippen LogP contribution in [0, 0.1) is 11.8 Å². The molecule has 2 saturated heterocycles. The van der Waals surface area contributed by atoms with Crippen molar-refractivity contribution >= 4 is 17.0 Å². The maximum Gasteiger partial charge on any atom is 0.257 e. The van der Waals surface area contributed by atoms with Crippen LogP contribution in [-0.2, 0) is 6.42 Å². The molecule has 146 valence electrons. The van der Waals surface area contributed by atoms with Crippen LogP contribution in [0.2, 0.25) is 0 Å². The van der Waals surface area contributed by atoms with Crippen molar-refractivity contribution in [3.63, 3.8) is 0 Å². The minimum Gasteiger partial charge on any atom is -0.338 e. The van der Waals surface area contributed by atoms with Gasteiger partial charge in [-0.3, -0.25) is 9.78 Å². The lowest BCUT2D eigenvalue weighted by atomic mass is 10.0. The first-order chi connectivity index (χ1) is 14.2. The van der Waals surface area contributed by atoms with Crippen molar-refractivity contribution in [2.75, 3.05) is 33.2 Å². The zero-order chi connectivity index (χ0) is 19.5. The van der Waals surface area contributed by atoms with Crippen molar-refractivity contribution in [3.05, 3.63) is 71.3 Å². The van der Waals surface area contributed by atoms with Gasteiger partial charge in [-0.1, -0.05) is 12.1 Å². The Morgan fingerprint density at radius 2 is 1.97 bits per heavy atom. The van der Waals surface area contributed by atoms with Crippen molar-refractivity contribution in [1.82, 2.24) is 24.4 Å². The number of aromatic nitrogens is 3. The molecule has 0 N–H and O–H groups in total. The van der Waals surface area contributed by atoms with Gasteiger partial charge in [0.05, 0.1) is 23.0 Å². The van der Waals surface area contributed by atoms with Crippen LogP contribution < -0.4 is 0 Å². The highest BCUT2D eigenvalue weighted by Crippen LogP contribution is 2.34. The number of rotatable bonds is 2. The van der Waals surface area contributed by atoms with E-state index in [9.17, 15) is 4.79 Å². The molecule has 29 heavy (non-hydrogen) atoms. The molecule has 2 atom stereocenters. The number of allylic oxidation sites excluding steroid dienone is 1. The summed E-state index contributed by atoms with van der Waals surface area (Å²) >= 11 is 0. The summed E-state index contributed by atoms with van der Waals surface area (Å²) in [5.41, 5.74) is 6.17. The van der Waals surface area contributed by atoms with E-state index in [1.807, 2.05) is 23.4 Å². The molecule has 6 rings (SSSR count). The Hall–Kier alpha value is -2.99. The molecule has 0 aromatic carbocycles. The highest BCUT2D eigenvalue weighted by atomic mass is 16.2. The SMILES string of the molecule is CN1CC2CN(C(=O)c3cnn4ccc(C5=CCc6ncccc65)cc34)CC2C1. The number of hydrogen-bond donors (Lipinski definition) is 0. The molecule has 1 amide bonds. The fraction of sp³-hybridized carbons (Fsp3) is 0.348. The second-order valence-corrected chi connectivity index (χ2v) is 8.57. The second-order valence-electron chi connectivity index (χ2n) is 8.57. The van der Waals surface area contributed by atoms with Crippen LogP contribution in [0.1, 0.15) is 27.2 Å². The normalized spacial score (nSPS) is 23.5. The lowest BCUT2D eigenvalue weighted by Gasteiger charge is -2.19. The van der Waals surface area contributed by atoms with Gasteiger partial charge >= 0.3 is 0 Å². The van der Waals surface area contributed by atoms with E-state index in [2.05, 4.69) is 46.3 Å². The molecular weight excluding hydrogens is 362 g/mol. The topological polar surface area (TPSA) is 53.7 Å².